The molecular formula is C15H20N4O3. The lowest BCUT2D eigenvalue weighted by Gasteiger charge is -2.12. The molecule has 0 unspecified atom stereocenters. The summed E-state index contributed by atoms with van der Waals surface area (Å²) in [6, 6.07) is 3.85. The Labute approximate surface area is 128 Å². The number of hydrogen-bond donors (Lipinski definition) is 2. The Morgan fingerprint density at radius 3 is 2.77 bits per heavy atom. The Kier molecular flexibility index (Phi) is 5.11. The molecule has 0 fully saturated rings. The maximum Gasteiger partial charge on any atom is 0.253 e. The molecule has 0 aliphatic heterocycles. The number of anilines is 2. The molecule has 22 heavy (non-hydrogen) atoms. The standard InChI is InChI=1S/C15H20N4O3/c1-19(2)9-10-4-6-17-11(8-10)22-7-3-5-18-13-12(16)14(20)15(13)21/h4,6,8,18H,3,5,7,9,16H2,1-2H3. The van der Waals surface area contributed by atoms with Gasteiger partial charge in [0.1, 0.15) is 11.4 Å². The van der Waals surface area contributed by atoms with E-state index in [0.717, 1.165) is 12.1 Å². The molecule has 0 radical (unpaired) electrons. The Morgan fingerprint density at radius 2 is 2.09 bits per heavy atom. The van der Waals surface area contributed by atoms with Gasteiger partial charge in [-0.1, -0.05) is 0 Å². The molecule has 118 valence electrons. The van der Waals surface area contributed by atoms with Crippen LogP contribution in [0.3, 0.4) is 0 Å². The minimum atomic E-state index is -0.611. The van der Waals surface area contributed by atoms with Crippen molar-refractivity contribution in [2.75, 3.05) is 38.3 Å². The zero-order valence-electron chi connectivity index (χ0n) is 12.8. The number of ether oxygens (including phenoxy) is 1. The molecular weight excluding hydrogens is 284 g/mol. The highest BCUT2D eigenvalue weighted by atomic mass is 16.5. The van der Waals surface area contributed by atoms with Crippen molar-refractivity contribution >= 4 is 11.4 Å². The normalized spacial score (nSPS) is 11.0. The smallest absolute Gasteiger partial charge is 0.253 e. The topological polar surface area (TPSA) is 97.5 Å². The largest absolute Gasteiger partial charge is 0.478 e. The van der Waals surface area contributed by atoms with Crippen LogP contribution in [-0.4, -0.2) is 37.1 Å². The van der Waals surface area contributed by atoms with Gasteiger partial charge in [0.25, 0.3) is 10.9 Å². The molecule has 1 aromatic carbocycles. The number of nitrogens with two attached hydrogens (primary N) is 1. The number of nitrogen functional groups attached to an aromatic ring is 1. The third-order valence-corrected chi connectivity index (χ3v) is 3.12. The van der Waals surface area contributed by atoms with E-state index in [1.54, 1.807) is 6.20 Å². The lowest BCUT2D eigenvalue weighted by atomic mass is 10.2. The summed E-state index contributed by atoms with van der Waals surface area (Å²) in [4.78, 5) is 28.4. The number of hydrogen-bond acceptors (Lipinski definition) is 7. The first-order valence-corrected chi connectivity index (χ1v) is 7.04. The fourth-order valence-electron chi connectivity index (χ4n) is 2.04. The summed E-state index contributed by atoms with van der Waals surface area (Å²) in [6.45, 7) is 1.79. The van der Waals surface area contributed by atoms with E-state index in [2.05, 4.69) is 15.2 Å². The lowest BCUT2D eigenvalue weighted by molar-refractivity contribution is 0.302. The van der Waals surface area contributed by atoms with Crippen LogP contribution in [0.2, 0.25) is 0 Å². The summed E-state index contributed by atoms with van der Waals surface area (Å²) in [5, 5.41) is 2.85. The molecule has 0 aliphatic rings. The number of pyridine rings is 1. The van der Waals surface area contributed by atoms with Gasteiger partial charge in [-0.15, -0.1) is 0 Å². The van der Waals surface area contributed by atoms with Gasteiger partial charge in [-0.25, -0.2) is 4.98 Å². The number of nitrogens with one attached hydrogen (secondary N) is 1. The van der Waals surface area contributed by atoms with E-state index >= 15 is 0 Å². The van der Waals surface area contributed by atoms with Gasteiger partial charge in [-0.3, -0.25) is 9.59 Å². The minimum Gasteiger partial charge on any atom is -0.478 e. The second kappa shape index (κ2) is 7.04. The molecule has 0 aliphatic carbocycles. The molecule has 2 rings (SSSR count). The van der Waals surface area contributed by atoms with Crippen molar-refractivity contribution in [3.05, 3.63) is 44.3 Å². The summed E-state index contributed by atoms with van der Waals surface area (Å²) < 4.78 is 5.57. The quantitative estimate of drug-likeness (QED) is 0.531. The highest BCUT2D eigenvalue weighted by Gasteiger charge is 2.16. The van der Waals surface area contributed by atoms with Crippen molar-refractivity contribution in [3.63, 3.8) is 0 Å². The minimum absolute atomic E-state index is 0.0176. The van der Waals surface area contributed by atoms with Gasteiger partial charge < -0.3 is 20.7 Å². The first-order chi connectivity index (χ1) is 10.5. The van der Waals surface area contributed by atoms with Gasteiger partial charge in [0.15, 0.2) is 0 Å². The molecule has 1 aromatic heterocycles. The van der Waals surface area contributed by atoms with Crippen molar-refractivity contribution < 1.29 is 4.74 Å². The molecule has 0 atom stereocenters. The van der Waals surface area contributed by atoms with Crippen LogP contribution in [0.5, 0.6) is 5.88 Å². The second-order valence-corrected chi connectivity index (χ2v) is 5.32. The molecule has 2 aromatic rings. The maximum atomic E-state index is 11.2. The van der Waals surface area contributed by atoms with Crippen LogP contribution >= 0.6 is 0 Å². The number of rotatable bonds is 8. The first kappa shape index (κ1) is 16.0. The molecule has 7 heteroatoms. The molecule has 0 amide bonds. The lowest BCUT2D eigenvalue weighted by Crippen LogP contribution is -2.37. The van der Waals surface area contributed by atoms with E-state index in [-0.39, 0.29) is 11.4 Å². The third-order valence-electron chi connectivity index (χ3n) is 3.12. The summed E-state index contributed by atoms with van der Waals surface area (Å²) in [7, 11) is 4.00. The first-order valence-electron chi connectivity index (χ1n) is 7.04. The summed E-state index contributed by atoms with van der Waals surface area (Å²) >= 11 is 0. The zero-order chi connectivity index (χ0) is 16.1. The van der Waals surface area contributed by atoms with E-state index in [4.69, 9.17) is 10.5 Å². The van der Waals surface area contributed by atoms with Gasteiger partial charge in [0.05, 0.1) is 6.61 Å². The van der Waals surface area contributed by atoms with Crippen LogP contribution in [-0.2, 0) is 6.54 Å². The second-order valence-electron chi connectivity index (χ2n) is 5.32. The number of aromatic nitrogens is 1. The van der Waals surface area contributed by atoms with Crippen LogP contribution in [0.25, 0.3) is 0 Å². The average Bonchev–Trinajstić information content (AvgIpc) is 2.49. The van der Waals surface area contributed by atoms with Crippen molar-refractivity contribution in [2.45, 2.75) is 13.0 Å². The Morgan fingerprint density at radius 1 is 1.32 bits per heavy atom. The average molecular weight is 304 g/mol. The van der Waals surface area contributed by atoms with Gasteiger partial charge in [0, 0.05) is 25.4 Å². The summed E-state index contributed by atoms with van der Waals surface area (Å²) in [5.74, 6) is 0.577. The summed E-state index contributed by atoms with van der Waals surface area (Å²) in [5.41, 5.74) is 5.63. The van der Waals surface area contributed by atoms with E-state index in [1.807, 2.05) is 26.2 Å². The van der Waals surface area contributed by atoms with Gasteiger partial charge in [-0.2, -0.15) is 0 Å². The molecule has 3 N–H and O–H groups in total. The van der Waals surface area contributed by atoms with Crippen molar-refractivity contribution in [1.29, 1.82) is 0 Å². The van der Waals surface area contributed by atoms with Crippen LogP contribution in [0.15, 0.2) is 27.9 Å². The molecule has 1 heterocycles. The maximum absolute atomic E-state index is 11.2. The molecule has 7 nitrogen and oxygen atoms in total. The van der Waals surface area contributed by atoms with Crippen LogP contribution < -0.4 is 26.6 Å². The van der Waals surface area contributed by atoms with Crippen molar-refractivity contribution in [2.24, 2.45) is 0 Å². The summed E-state index contributed by atoms with van der Waals surface area (Å²) in [6.07, 6.45) is 2.38. The van der Waals surface area contributed by atoms with E-state index < -0.39 is 10.9 Å². The van der Waals surface area contributed by atoms with Crippen LogP contribution in [0, 0.1) is 0 Å². The Hall–Kier alpha value is -2.41. The van der Waals surface area contributed by atoms with Gasteiger partial charge in [-0.05, 0) is 32.1 Å². The predicted molar refractivity (Wildman–Crippen MR) is 86.0 cm³/mol. The monoisotopic (exact) mass is 304 g/mol. The molecule has 0 saturated carbocycles. The third kappa shape index (κ3) is 3.82. The predicted octanol–water partition coefficient (Wildman–Crippen LogP) is 0.202. The van der Waals surface area contributed by atoms with Gasteiger partial charge >= 0.3 is 0 Å². The molecule has 0 spiro atoms. The van der Waals surface area contributed by atoms with Crippen LogP contribution in [0.1, 0.15) is 12.0 Å². The fraction of sp³-hybridized carbons (Fsp3) is 0.400. The van der Waals surface area contributed by atoms with E-state index in [1.165, 1.54) is 0 Å². The highest BCUT2D eigenvalue weighted by molar-refractivity contribution is 5.71. The van der Waals surface area contributed by atoms with Crippen molar-refractivity contribution in [1.82, 2.24) is 9.88 Å². The fourth-order valence-corrected chi connectivity index (χ4v) is 2.04. The van der Waals surface area contributed by atoms with Crippen molar-refractivity contribution in [3.8, 4) is 5.88 Å². The Bertz CT molecular complexity index is 705. The molecule has 0 bridgehead atoms. The van der Waals surface area contributed by atoms with Gasteiger partial charge in [0.2, 0.25) is 5.88 Å². The van der Waals surface area contributed by atoms with E-state index in [9.17, 15) is 9.59 Å². The Balaban J connectivity index is 1.73. The van der Waals surface area contributed by atoms with Crippen LogP contribution in [0.4, 0.5) is 11.4 Å². The zero-order valence-corrected chi connectivity index (χ0v) is 12.8. The van der Waals surface area contributed by atoms with E-state index in [0.29, 0.717) is 25.5 Å². The SMILES string of the molecule is CN(C)Cc1ccnc(OCCCNc2c(N)c(=O)c2=O)c1. The number of nitrogens with zero attached hydrogens (tertiary/aromatic N) is 2. The highest BCUT2D eigenvalue weighted by Crippen LogP contribution is 2.11. The molecule has 0 saturated heterocycles.